The average Bonchev–Trinajstić information content (AvgIpc) is 2.21. The van der Waals surface area contributed by atoms with E-state index in [9.17, 15) is 0 Å². The fraction of sp³-hybridized carbons (Fsp3) is 0.455. The molecule has 0 fully saturated rings. The monoisotopic (exact) mass is 317 g/mol. The summed E-state index contributed by atoms with van der Waals surface area (Å²) >= 11 is 2.29. The Morgan fingerprint density at radius 1 is 1.27 bits per heavy atom. The number of hydrogen-bond acceptors (Lipinski definition) is 2. The topological polar surface area (TPSA) is 12.5 Å². The number of nitrogens with zero attached hydrogens (tertiary/aromatic N) is 1. The second-order valence-corrected chi connectivity index (χ2v) is 4.85. The highest BCUT2D eigenvalue weighted by atomic mass is 127. The molecule has 0 saturated carbocycles. The van der Waals surface area contributed by atoms with E-state index in [4.69, 9.17) is 4.74 Å². The molecule has 0 saturated heterocycles. The van der Waals surface area contributed by atoms with Gasteiger partial charge in [-0.15, -0.1) is 0 Å². The minimum Gasteiger partial charge on any atom is -0.492 e. The summed E-state index contributed by atoms with van der Waals surface area (Å²) < 4.78 is 6.87. The van der Waals surface area contributed by atoms with Crippen molar-refractivity contribution in [2.75, 3.05) is 19.7 Å². The lowest BCUT2D eigenvalue weighted by Crippen LogP contribution is -2.26. The molecular weight excluding hydrogens is 300 g/mol. The van der Waals surface area contributed by atoms with E-state index in [2.05, 4.69) is 54.4 Å². The van der Waals surface area contributed by atoms with E-state index < -0.39 is 0 Å². The van der Waals surface area contributed by atoms with Gasteiger partial charge in [-0.2, -0.15) is 0 Å². The lowest BCUT2D eigenvalue weighted by molar-refractivity contribution is 0.277. The van der Waals surface area contributed by atoms with Crippen LogP contribution < -0.4 is 4.74 Å². The molecule has 1 rings (SSSR count). The molecule has 1 aromatic carbocycles. The van der Waals surface area contributed by atoms with Crippen molar-refractivity contribution in [1.82, 2.24) is 4.81 Å². The normalized spacial score (nSPS) is 10.6. The molecule has 0 atom stereocenters. The van der Waals surface area contributed by atoms with Crippen LogP contribution in [-0.4, -0.2) is 32.5 Å². The van der Waals surface area contributed by atoms with Gasteiger partial charge in [-0.05, 0) is 59.8 Å². The maximum absolute atomic E-state index is 5.63. The molecule has 0 aromatic heterocycles. The van der Waals surface area contributed by atoms with Crippen LogP contribution in [-0.2, 0) is 0 Å². The second-order valence-electron chi connectivity index (χ2n) is 3.61. The lowest BCUT2D eigenvalue weighted by atomic mass is 10.2. The molecule has 0 radical (unpaired) electrons. The Hall–Kier alpha value is -0.225. The van der Waals surface area contributed by atoms with Crippen LogP contribution >= 0.6 is 22.6 Å². The first kappa shape index (κ1) is 12.8. The van der Waals surface area contributed by atoms with E-state index in [1.54, 1.807) is 0 Å². The summed E-state index contributed by atoms with van der Waals surface area (Å²) in [6, 6.07) is 8.15. The molecular formula is C11H17BINO. The molecule has 1 aromatic rings. The standard InChI is InChI=1S/C11H17BINO/c1-2-7-14(12)8-9-15-11-5-3-10(13)4-6-11/h3-6H,2,7-9,12H2,1H3. The third kappa shape index (κ3) is 5.42. The fourth-order valence-electron chi connectivity index (χ4n) is 1.34. The first-order chi connectivity index (χ1) is 7.22. The third-order valence-corrected chi connectivity index (χ3v) is 2.88. The first-order valence-corrected chi connectivity index (χ1v) is 6.37. The molecule has 0 aliphatic rings. The number of rotatable bonds is 6. The molecule has 0 unspecified atom stereocenters. The SMILES string of the molecule is BN(CCC)CCOc1ccc(I)cc1. The predicted octanol–water partition coefficient (Wildman–Crippen LogP) is 1.93. The Bertz CT molecular complexity index is 278. The zero-order chi connectivity index (χ0) is 11.1. The van der Waals surface area contributed by atoms with Crippen molar-refractivity contribution in [3.63, 3.8) is 0 Å². The van der Waals surface area contributed by atoms with Gasteiger partial charge in [0.1, 0.15) is 5.75 Å². The van der Waals surface area contributed by atoms with Crippen LogP contribution in [0.25, 0.3) is 0 Å². The quantitative estimate of drug-likeness (QED) is 0.587. The van der Waals surface area contributed by atoms with Crippen molar-refractivity contribution in [3.05, 3.63) is 27.8 Å². The average molecular weight is 317 g/mol. The van der Waals surface area contributed by atoms with Crippen molar-refractivity contribution < 1.29 is 4.74 Å². The molecule has 0 aliphatic heterocycles. The largest absolute Gasteiger partial charge is 0.492 e. The molecule has 2 nitrogen and oxygen atoms in total. The Balaban J connectivity index is 2.22. The second kappa shape index (κ2) is 7.12. The van der Waals surface area contributed by atoms with Gasteiger partial charge in [-0.3, -0.25) is 0 Å². The van der Waals surface area contributed by atoms with Crippen molar-refractivity contribution in [3.8, 4) is 5.75 Å². The number of hydrogen-bond donors (Lipinski definition) is 0. The molecule has 15 heavy (non-hydrogen) atoms. The van der Waals surface area contributed by atoms with E-state index in [1.165, 1.54) is 9.99 Å². The minimum atomic E-state index is 0.761. The van der Waals surface area contributed by atoms with Crippen LogP contribution in [0.2, 0.25) is 0 Å². The molecule has 0 bridgehead atoms. The molecule has 82 valence electrons. The van der Waals surface area contributed by atoms with Gasteiger partial charge in [0.25, 0.3) is 0 Å². The number of benzene rings is 1. The maximum atomic E-state index is 5.63. The van der Waals surface area contributed by atoms with E-state index in [0.717, 1.165) is 25.4 Å². The van der Waals surface area contributed by atoms with Crippen LogP contribution in [0.1, 0.15) is 13.3 Å². The zero-order valence-electron chi connectivity index (χ0n) is 9.37. The highest BCUT2D eigenvalue weighted by molar-refractivity contribution is 14.1. The van der Waals surface area contributed by atoms with Gasteiger partial charge in [0.2, 0.25) is 0 Å². The van der Waals surface area contributed by atoms with Gasteiger partial charge >= 0.3 is 0 Å². The smallest absolute Gasteiger partial charge is 0.185 e. The van der Waals surface area contributed by atoms with Gasteiger partial charge in [0.15, 0.2) is 7.98 Å². The van der Waals surface area contributed by atoms with Crippen LogP contribution in [0.5, 0.6) is 5.75 Å². The molecule has 4 heteroatoms. The molecule has 0 spiro atoms. The highest BCUT2D eigenvalue weighted by Crippen LogP contribution is 2.13. The van der Waals surface area contributed by atoms with Gasteiger partial charge in [-0.25, -0.2) is 0 Å². The molecule has 0 N–H and O–H groups in total. The minimum absolute atomic E-state index is 0.761. The van der Waals surface area contributed by atoms with E-state index in [0.29, 0.717) is 0 Å². The summed E-state index contributed by atoms with van der Waals surface area (Å²) in [6.07, 6.45) is 1.19. The first-order valence-electron chi connectivity index (χ1n) is 5.29. The van der Waals surface area contributed by atoms with Crippen LogP contribution in [0.3, 0.4) is 0 Å². The van der Waals surface area contributed by atoms with Gasteiger partial charge in [-0.1, -0.05) is 6.92 Å². The van der Waals surface area contributed by atoms with Crippen LogP contribution in [0, 0.1) is 3.57 Å². The molecule has 0 heterocycles. The van der Waals surface area contributed by atoms with Crippen LogP contribution in [0.4, 0.5) is 0 Å². The van der Waals surface area contributed by atoms with Gasteiger partial charge in [0, 0.05) is 10.1 Å². The van der Waals surface area contributed by atoms with E-state index in [-0.39, 0.29) is 0 Å². The Morgan fingerprint density at radius 2 is 1.93 bits per heavy atom. The van der Waals surface area contributed by atoms with Crippen LogP contribution in [0.15, 0.2) is 24.3 Å². The highest BCUT2D eigenvalue weighted by Gasteiger charge is 1.97. The number of ether oxygens (including phenoxy) is 1. The fourth-order valence-corrected chi connectivity index (χ4v) is 1.70. The molecule has 0 amide bonds. The summed E-state index contributed by atoms with van der Waals surface area (Å²) in [7, 11) is 2.13. The van der Waals surface area contributed by atoms with Crippen molar-refractivity contribution in [2.45, 2.75) is 13.3 Å². The predicted molar refractivity (Wildman–Crippen MR) is 75.1 cm³/mol. The molecule has 0 aliphatic carbocycles. The third-order valence-electron chi connectivity index (χ3n) is 2.16. The van der Waals surface area contributed by atoms with E-state index >= 15 is 0 Å². The lowest BCUT2D eigenvalue weighted by Gasteiger charge is -2.16. The van der Waals surface area contributed by atoms with Crippen molar-refractivity contribution in [2.24, 2.45) is 0 Å². The summed E-state index contributed by atoms with van der Waals surface area (Å²) in [5.41, 5.74) is 0. The van der Waals surface area contributed by atoms with Gasteiger partial charge in [0.05, 0.1) is 6.61 Å². The summed E-state index contributed by atoms with van der Waals surface area (Å²) in [5, 5.41) is 0. The van der Waals surface area contributed by atoms with E-state index in [1.807, 2.05) is 12.1 Å². The van der Waals surface area contributed by atoms with Gasteiger partial charge < -0.3 is 9.55 Å². The maximum Gasteiger partial charge on any atom is 0.185 e. The van der Waals surface area contributed by atoms with Crippen molar-refractivity contribution in [1.29, 1.82) is 0 Å². The number of halogens is 1. The Labute approximate surface area is 107 Å². The Morgan fingerprint density at radius 3 is 2.53 bits per heavy atom. The summed E-state index contributed by atoms with van der Waals surface area (Å²) in [6.45, 7) is 5.07. The zero-order valence-corrected chi connectivity index (χ0v) is 11.5. The Kier molecular flexibility index (Phi) is 6.09. The van der Waals surface area contributed by atoms with Crippen molar-refractivity contribution >= 4 is 30.6 Å². The summed E-state index contributed by atoms with van der Waals surface area (Å²) in [4.78, 5) is 2.28. The summed E-state index contributed by atoms with van der Waals surface area (Å²) in [5.74, 6) is 0.959.